The molecule has 0 aliphatic heterocycles. The first-order chi connectivity index (χ1) is 12.6. The highest BCUT2D eigenvalue weighted by Crippen LogP contribution is 2.12. The van der Waals surface area contributed by atoms with Crippen LogP contribution in [0.4, 0.5) is 0 Å². The van der Waals surface area contributed by atoms with Crippen LogP contribution in [0.25, 0.3) is 10.9 Å². The van der Waals surface area contributed by atoms with Gasteiger partial charge in [-0.3, -0.25) is 9.59 Å². The van der Waals surface area contributed by atoms with Gasteiger partial charge in [0.05, 0.1) is 17.1 Å². The Kier molecular flexibility index (Phi) is 4.90. The number of amides is 2. The van der Waals surface area contributed by atoms with Crippen LogP contribution in [0.1, 0.15) is 21.6 Å². The lowest BCUT2D eigenvalue weighted by Crippen LogP contribution is -2.46. The summed E-state index contributed by atoms with van der Waals surface area (Å²) in [5.41, 5.74) is 7.66. The summed E-state index contributed by atoms with van der Waals surface area (Å²) in [5.74, 6) is -1.10. The van der Waals surface area contributed by atoms with E-state index in [9.17, 15) is 9.59 Å². The summed E-state index contributed by atoms with van der Waals surface area (Å²) < 4.78 is 0. The number of nitrogens with zero attached hydrogens (tertiary/aromatic N) is 2. The van der Waals surface area contributed by atoms with Crippen LogP contribution >= 0.6 is 0 Å². The van der Waals surface area contributed by atoms with Gasteiger partial charge in [-0.15, -0.1) is 0 Å². The lowest BCUT2D eigenvalue weighted by molar-refractivity contribution is -0.119. The molecule has 0 saturated heterocycles. The molecule has 2 aromatic carbocycles. The minimum absolute atomic E-state index is 0.217. The Hall–Kier alpha value is -3.72. The molecule has 0 bridgehead atoms. The molecular formula is C20H16N4O2. The number of aromatic nitrogens is 1. The molecule has 0 aliphatic rings. The third-order valence-corrected chi connectivity index (χ3v) is 4.00. The third kappa shape index (κ3) is 3.84. The van der Waals surface area contributed by atoms with Crippen molar-refractivity contribution in [1.29, 1.82) is 5.26 Å². The van der Waals surface area contributed by atoms with E-state index in [4.69, 9.17) is 11.0 Å². The van der Waals surface area contributed by atoms with E-state index in [-0.39, 0.29) is 12.1 Å². The fourth-order valence-electron chi connectivity index (χ4n) is 2.60. The molecular weight excluding hydrogens is 328 g/mol. The average Bonchev–Trinajstić information content (AvgIpc) is 2.67. The van der Waals surface area contributed by atoms with Crippen LogP contribution in [0.3, 0.4) is 0 Å². The van der Waals surface area contributed by atoms with Crippen molar-refractivity contribution in [2.45, 2.75) is 12.5 Å². The van der Waals surface area contributed by atoms with Gasteiger partial charge >= 0.3 is 0 Å². The summed E-state index contributed by atoms with van der Waals surface area (Å²) in [4.78, 5) is 28.5. The van der Waals surface area contributed by atoms with E-state index in [1.54, 1.807) is 36.4 Å². The van der Waals surface area contributed by atoms with Crippen LogP contribution in [-0.4, -0.2) is 22.8 Å². The Morgan fingerprint density at radius 1 is 1.08 bits per heavy atom. The minimum atomic E-state index is -0.872. The zero-order valence-electron chi connectivity index (χ0n) is 13.8. The van der Waals surface area contributed by atoms with Crippen molar-refractivity contribution in [2.75, 3.05) is 0 Å². The second-order valence-corrected chi connectivity index (χ2v) is 5.83. The van der Waals surface area contributed by atoms with Gasteiger partial charge in [-0.1, -0.05) is 36.4 Å². The number of rotatable bonds is 5. The standard InChI is InChI=1S/C20H16N4O2/c21-12-14-7-5-13(6-8-14)11-18(19(22)25)24-20(26)17-10-9-15-3-1-2-4-16(15)23-17/h1-10,18H,11H2,(H2,22,25)(H,24,26)/t18-/m1/s1. The van der Waals surface area contributed by atoms with Gasteiger partial charge in [0.25, 0.3) is 5.91 Å². The van der Waals surface area contributed by atoms with E-state index < -0.39 is 17.9 Å². The third-order valence-electron chi connectivity index (χ3n) is 4.00. The van der Waals surface area contributed by atoms with Crippen molar-refractivity contribution in [2.24, 2.45) is 5.73 Å². The molecule has 3 rings (SSSR count). The Bertz CT molecular complexity index is 1010. The van der Waals surface area contributed by atoms with E-state index in [1.165, 1.54) is 0 Å². The molecule has 6 heteroatoms. The number of nitriles is 1. The minimum Gasteiger partial charge on any atom is -0.368 e. The Balaban J connectivity index is 1.76. The maximum absolute atomic E-state index is 12.5. The highest BCUT2D eigenvalue weighted by Gasteiger charge is 2.20. The van der Waals surface area contributed by atoms with Crippen molar-refractivity contribution in [3.63, 3.8) is 0 Å². The quantitative estimate of drug-likeness (QED) is 0.737. The number of primary amides is 1. The molecule has 3 N–H and O–H groups in total. The number of nitrogens with one attached hydrogen (secondary N) is 1. The monoisotopic (exact) mass is 344 g/mol. The predicted octanol–water partition coefficient (Wildman–Crippen LogP) is 1.93. The van der Waals surface area contributed by atoms with E-state index >= 15 is 0 Å². The van der Waals surface area contributed by atoms with E-state index in [2.05, 4.69) is 10.3 Å². The summed E-state index contributed by atoms with van der Waals surface area (Å²) in [7, 11) is 0. The molecule has 2 amide bonds. The SMILES string of the molecule is N#Cc1ccc(C[C@@H](NC(=O)c2ccc3ccccc3n2)C(N)=O)cc1. The van der Waals surface area contributed by atoms with Gasteiger partial charge in [-0.2, -0.15) is 5.26 Å². The van der Waals surface area contributed by atoms with E-state index in [0.29, 0.717) is 11.1 Å². The van der Waals surface area contributed by atoms with E-state index in [1.807, 2.05) is 30.3 Å². The van der Waals surface area contributed by atoms with Crippen molar-refractivity contribution in [3.05, 3.63) is 77.5 Å². The van der Waals surface area contributed by atoms with Crippen molar-refractivity contribution >= 4 is 22.7 Å². The summed E-state index contributed by atoms with van der Waals surface area (Å²) >= 11 is 0. The molecule has 0 radical (unpaired) electrons. The highest BCUT2D eigenvalue weighted by molar-refractivity contribution is 5.97. The molecule has 0 fully saturated rings. The lowest BCUT2D eigenvalue weighted by Gasteiger charge is -2.15. The van der Waals surface area contributed by atoms with E-state index in [0.717, 1.165) is 10.9 Å². The number of hydrogen-bond donors (Lipinski definition) is 2. The van der Waals surface area contributed by atoms with Gasteiger partial charge in [0, 0.05) is 11.8 Å². The summed E-state index contributed by atoms with van der Waals surface area (Å²) in [6.07, 6.45) is 0.236. The second kappa shape index (κ2) is 7.45. The molecule has 1 heterocycles. The van der Waals surface area contributed by atoms with Crippen molar-refractivity contribution < 1.29 is 9.59 Å². The van der Waals surface area contributed by atoms with Crippen LogP contribution in [0.5, 0.6) is 0 Å². The maximum Gasteiger partial charge on any atom is 0.270 e. The molecule has 6 nitrogen and oxygen atoms in total. The Morgan fingerprint density at radius 2 is 1.81 bits per heavy atom. The fraction of sp³-hybridized carbons (Fsp3) is 0.100. The molecule has 0 unspecified atom stereocenters. The molecule has 0 aliphatic carbocycles. The van der Waals surface area contributed by atoms with Gasteiger partial charge in [-0.05, 0) is 29.8 Å². The average molecular weight is 344 g/mol. The van der Waals surface area contributed by atoms with Gasteiger partial charge in [0.15, 0.2) is 0 Å². The predicted molar refractivity (Wildman–Crippen MR) is 97.1 cm³/mol. The highest BCUT2D eigenvalue weighted by atomic mass is 16.2. The fourth-order valence-corrected chi connectivity index (χ4v) is 2.60. The lowest BCUT2D eigenvalue weighted by atomic mass is 10.0. The Labute approximate surface area is 150 Å². The zero-order chi connectivity index (χ0) is 18.5. The van der Waals surface area contributed by atoms with Gasteiger partial charge in [-0.25, -0.2) is 4.98 Å². The van der Waals surface area contributed by atoms with Crippen LogP contribution in [0.15, 0.2) is 60.7 Å². The smallest absolute Gasteiger partial charge is 0.270 e. The second-order valence-electron chi connectivity index (χ2n) is 5.83. The first-order valence-electron chi connectivity index (χ1n) is 8.02. The summed E-state index contributed by atoms with van der Waals surface area (Å²) in [6.45, 7) is 0. The molecule has 1 atom stereocenters. The molecule has 26 heavy (non-hydrogen) atoms. The zero-order valence-corrected chi connectivity index (χ0v) is 13.8. The van der Waals surface area contributed by atoms with Crippen LogP contribution < -0.4 is 11.1 Å². The first kappa shape index (κ1) is 17.1. The number of para-hydroxylation sites is 1. The number of carbonyl (C=O) groups excluding carboxylic acids is 2. The molecule has 128 valence electrons. The van der Waals surface area contributed by atoms with Crippen LogP contribution in [0, 0.1) is 11.3 Å². The molecule has 3 aromatic rings. The first-order valence-corrected chi connectivity index (χ1v) is 8.02. The van der Waals surface area contributed by atoms with Crippen molar-refractivity contribution in [1.82, 2.24) is 10.3 Å². The number of benzene rings is 2. The van der Waals surface area contributed by atoms with Crippen LogP contribution in [0.2, 0.25) is 0 Å². The van der Waals surface area contributed by atoms with Crippen molar-refractivity contribution in [3.8, 4) is 6.07 Å². The number of hydrogen-bond acceptors (Lipinski definition) is 4. The van der Waals surface area contributed by atoms with Gasteiger partial charge in [0.1, 0.15) is 11.7 Å². The van der Waals surface area contributed by atoms with Crippen LogP contribution in [-0.2, 0) is 11.2 Å². The number of fused-ring (bicyclic) bond motifs is 1. The van der Waals surface area contributed by atoms with Gasteiger partial charge in [0.2, 0.25) is 5.91 Å². The number of carbonyl (C=O) groups is 2. The molecule has 0 saturated carbocycles. The van der Waals surface area contributed by atoms with Gasteiger partial charge < -0.3 is 11.1 Å². The summed E-state index contributed by atoms with van der Waals surface area (Å²) in [6, 6.07) is 18.8. The maximum atomic E-state index is 12.5. The normalized spacial score (nSPS) is 11.5. The number of pyridine rings is 1. The summed E-state index contributed by atoms with van der Waals surface area (Å²) in [5, 5.41) is 12.4. The topological polar surface area (TPSA) is 109 Å². The Morgan fingerprint density at radius 3 is 2.50 bits per heavy atom. The molecule has 1 aromatic heterocycles. The number of nitrogens with two attached hydrogens (primary N) is 1. The largest absolute Gasteiger partial charge is 0.368 e. The molecule has 0 spiro atoms.